The van der Waals surface area contributed by atoms with Gasteiger partial charge in [-0.05, 0) is 54.8 Å². The van der Waals surface area contributed by atoms with E-state index in [0.717, 1.165) is 33.4 Å². The Morgan fingerprint density at radius 1 is 0.848 bits per heavy atom. The van der Waals surface area contributed by atoms with Gasteiger partial charge in [0.2, 0.25) is 0 Å². The van der Waals surface area contributed by atoms with Crippen molar-refractivity contribution in [3.8, 4) is 11.1 Å². The molecule has 0 aliphatic heterocycles. The maximum Gasteiger partial charge on any atom is 0.154 e. The first kappa shape index (κ1) is 20.7. The SMILES string of the molecule is CC(C)c1cnnc(Nc2ccc3ncc(-c4cnn(C(C)c5ccccn5)c4)cc3n2)c1. The highest BCUT2D eigenvalue weighted by Gasteiger charge is 2.12. The number of anilines is 2. The Bertz CT molecular complexity index is 1390. The molecule has 5 heterocycles. The molecular formula is C25H24N8. The lowest BCUT2D eigenvalue weighted by molar-refractivity contribution is 0.551. The van der Waals surface area contributed by atoms with Crippen molar-refractivity contribution in [1.29, 1.82) is 0 Å². The summed E-state index contributed by atoms with van der Waals surface area (Å²) in [4.78, 5) is 13.8. The van der Waals surface area contributed by atoms with Gasteiger partial charge in [0.1, 0.15) is 5.82 Å². The molecule has 0 saturated heterocycles. The molecule has 1 N–H and O–H groups in total. The van der Waals surface area contributed by atoms with E-state index in [-0.39, 0.29) is 6.04 Å². The summed E-state index contributed by atoms with van der Waals surface area (Å²) in [5.74, 6) is 1.73. The summed E-state index contributed by atoms with van der Waals surface area (Å²) < 4.78 is 1.91. The van der Waals surface area contributed by atoms with Crippen LogP contribution in [0.15, 0.2) is 73.4 Å². The van der Waals surface area contributed by atoms with E-state index in [0.29, 0.717) is 17.6 Å². The second kappa shape index (κ2) is 8.74. The Labute approximate surface area is 191 Å². The van der Waals surface area contributed by atoms with Crippen LogP contribution in [0.25, 0.3) is 22.2 Å². The molecule has 0 fully saturated rings. The molecule has 0 aliphatic rings. The quantitative estimate of drug-likeness (QED) is 0.393. The first-order chi connectivity index (χ1) is 16.1. The van der Waals surface area contributed by atoms with Gasteiger partial charge in [-0.3, -0.25) is 14.6 Å². The van der Waals surface area contributed by atoms with Crippen LogP contribution in [-0.2, 0) is 0 Å². The van der Waals surface area contributed by atoms with Crippen LogP contribution in [0.3, 0.4) is 0 Å². The minimum atomic E-state index is 0.0324. The van der Waals surface area contributed by atoms with Gasteiger partial charge in [-0.1, -0.05) is 19.9 Å². The third kappa shape index (κ3) is 4.41. The lowest BCUT2D eigenvalue weighted by atomic mass is 10.1. The number of nitrogens with one attached hydrogen (secondary N) is 1. The Kier molecular flexibility index (Phi) is 5.48. The third-order valence-corrected chi connectivity index (χ3v) is 5.58. The Hall–Kier alpha value is -4.20. The Morgan fingerprint density at radius 2 is 1.76 bits per heavy atom. The van der Waals surface area contributed by atoms with E-state index >= 15 is 0 Å². The van der Waals surface area contributed by atoms with Gasteiger partial charge < -0.3 is 5.32 Å². The predicted octanol–water partition coefficient (Wildman–Crippen LogP) is 5.15. The van der Waals surface area contributed by atoms with Crippen LogP contribution in [0.1, 0.15) is 44.0 Å². The molecule has 33 heavy (non-hydrogen) atoms. The summed E-state index contributed by atoms with van der Waals surface area (Å²) in [7, 11) is 0. The largest absolute Gasteiger partial charge is 0.323 e. The molecule has 0 bridgehead atoms. The molecule has 1 unspecified atom stereocenters. The van der Waals surface area contributed by atoms with Crippen molar-refractivity contribution in [2.24, 2.45) is 0 Å². The van der Waals surface area contributed by atoms with Gasteiger partial charge in [-0.15, -0.1) is 5.10 Å². The first-order valence-corrected chi connectivity index (χ1v) is 10.9. The lowest BCUT2D eigenvalue weighted by Gasteiger charge is -2.11. The smallest absolute Gasteiger partial charge is 0.154 e. The van der Waals surface area contributed by atoms with Crippen molar-refractivity contribution < 1.29 is 0 Å². The lowest BCUT2D eigenvalue weighted by Crippen LogP contribution is -2.08. The van der Waals surface area contributed by atoms with E-state index in [4.69, 9.17) is 4.98 Å². The molecule has 164 valence electrons. The first-order valence-electron chi connectivity index (χ1n) is 10.9. The van der Waals surface area contributed by atoms with Crippen molar-refractivity contribution in [3.05, 3.63) is 84.7 Å². The van der Waals surface area contributed by atoms with E-state index < -0.39 is 0 Å². The molecule has 1 atom stereocenters. The molecule has 0 amide bonds. The van der Waals surface area contributed by atoms with E-state index in [9.17, 15) is 0 Å². The average Bonchev–Trinajstić information content (AvgIpc) is 3.34. The second-order valence-electron chi connectivity index (χ2n) is 8.25. The number of rotatable bonds is 6. The van der Waals surface area contributed by atoms with Crippen LogP contribution < -0.4 is 5.32 Å². The highest BCUT2D eigenvalue weighted by Crippen LogP contribution is 2.25. The summed E-state index contributed by atoms with van der Waals surface area (Å²) >= 11 is 0. The zero-order chi connectivity index (χ0) is 22.8. The molecule has 5 rings (SSSR count). The number of fused-ring (bicyclic) bond motifs is 1. The maximum atomic E-state index is 4.74. The van der Waals surface area contributed by atoms with E-state index in [2.05, 4.69) is 51.4 Å². The fraction of sp³-hybridized carbons (Fsp3) is 0.200. The molecular weight excluding hydrogens is 412 g/mol. The Balaban J connectivity index is 1.42. The minimum Gasteiger partial charge on any atom is -0.323 e. The topological polar surface area (TPSA) is 94.3 Å². The van der Waals surface area contributed by atoms with Gasteiger partial charge in [0.05, 0.1) is 35.2 Å². The second-order valence-corrected chi connectivity index (χ2v) is 8.25. The van der Waals surface area contributed by atoms with Crippen LogP contribution in [0.2, 0.25) is 0 Å². The van der Waals surface area contributed by atoms with Crippen LogP contribution in [0, 0.1) is 0 Å². The van der Waals surface area contributed by atoms with Gasteiger partial charge in [0, 0.05) is 29.7 Å². The van der Waals surface area contributed by atoms with Gasteiger partial charge in [-0.25, -0.2) is 4.98 Å². The standard InChI is InChI=1S/C25H24N8/c1-16(2)18-11-25(32-28-13-18)31-24-8-7-22-23(30-24)10-19(12-27-22)20-14-29-33(15-20)17(3)21-6-4-5-9-26-21/h4-17H,1-3H3,(H,30,31,32). The average molecular weight is 437 g/mol. The van der Waals surface area contributed by atoms with Crippen LogP contribution in [0.4, 0.5) is 11.6 Å². The molecule has 0 aromatic carbocycles. The predicted molar refractivity (Wildman–Crippen MR) is 128 cm³/mol. The normalized spacial score (nSPS) is 12.2. The van der Waals surface area contributed by atoms with Crippen molar-refractivity contribution >= 4 is 22.7 Å². The van der Waals surface area contributed by atoms with Gasteiger partial charge in [0.25, 0.3) is 0 Å². The molecule has 5 aromatic rings. The van der Waals surface area contributed by atoms with Gasteiger partial charge in [-0.2, -0.15) is 10.2 Å². The Morgan fingerprint density at radius 3 is 2.58 bits per heavy atom. The van der Waals surface area contributed by atoms with E-state index in [1.165, 1.54) is 0 Å². The molecule has 8 heteroatoms. The van der Waals surface area contributed by atoms with Crippen molar-refractivity contribution in [2.45, 2.75) is 32.7 Å². The molecule has 0 spiro atoms. The van der Waals surface area contributed by atoms with Gasteiger partial charge in [0.15, 0.2) is 5.82 Å². The number of pyridine rings is 3. The zero-order valence-electron chi connectivity index (χ0n) is 18.7. The fourth-order valence-corrected chi connectivity index (χ4v) is 3.58. The monoisotopic (exact) mass is 436 g/mol. The van der Waals surface area contributed by atoms with Crippen LogP contribution >= 0.6 is 0 Å². The molecule has 0 radical (unpaired) electrons. The van der Waals surface area contributed by atoms with Gasteiger partial charge >= 0.3 is 0 Å². The summed E-state index contributed by atoms with van der Waals surface area (Å²) in [6.07, 6.45) is 9.29. The molecule has 0 aliphatic carbocycles. The number of nitrogens with zero attached hydrogens (tertiary/aromatic N) is 7. The summed E-state index contributed by atoms with van der Waals surface area (Å²) in [6, 6.07) is 13.8. The summed E-state index contributed by atoms with van der Waals surface area (Å²) in [6.45, 7) is 6.33. The molecule has 8 nitrogen and oxygen atoms in total. The molecule has 0 saturated carbocycles. The number of hydrogen-bond donors (Lipinski definition) is 1. The van der Waals surface area contributed by atoms with Crippen molar-refractivity contribution in [1.82, 2.24) is 34.9 Å². The number of hydrogen-bond acceptors (Lipinski definition) is 7. The van der Waals surface area contributed by atoms with Crippen LogP contribution in [0.5, 0.6) is 0 Å². The summed E-state index contributed by atoms with van der Waals surface area (Å²) in [5.41, 5.74) is 5.62. The fourth-order valence-electron chi connectivity index (χ4n) is 3.58. The van der Waals surface area contributed by atoms with E-state index in [1.807, 2.05) is 65.7 Å². The number of aromatic nitrogens is 7. The highest BCUT2D eigenvalue weighted by molar-refractivity contribution is 5.81. The highest BCUT2D eigenvalue weighted by atomic mass is 15.3. The van der Waals surface area contributed by atoms with E-state index in [1.54, 1.807) is 12.4 Å². The molecule has 5 aromatic heterocycles. The summed E-state index contributed by atoms with van der Waals surface area (Å²) in [5, 5.41) is 16.1. The van der Waals surface area contributed by atoms with Crippen molar-refractivity contribution in [2.75, 3.05) is 5.32 Å². The maximum absolute atomic E-state index is 4.74. The van der Waals surface area contributed by atoms with Crippen LogP contribution in [-0.4, -0.2) is 34.9 Å². The third-order valence-electron chi connectivity index (χ3n) is 5.58. The van der Waals surface area contributed by atoms with Crippen molar-refractivity contribution in [3.63, 3.8) is 0 Å². The zero-order valence-corrected chi connectivity index (χ0v) is 18.7. The minimum absolute atomic E-state index is 0.0324.